The van der Waals surface area contributed by atoms with Crippen LogP contribution in [0.1, 0.15) is 43.2 Å². The van der Waals surface area contributed by atoms with Gasteiger partial charge in [0.25, 0.3) is 5.91 Å². The summed E-state index contributed by atoms with van der Waals surface area (Å²) in [6, 6.07) is 8.57. The minimum Gasteiger partial charge on any atom is -0.478 e. The van der Waals surface area contributed by atoms with Gasteiger partial charge in [0.2, 0.25) is 0 Å². The Morgan fingerprint density at radius 3 is 2.50 bits per heavy atom. The number of carboxylic acids is 1. The molecule has 2 heterocycles. The Kier molecular flexibility index (Phi) is 7.57. The highest BCUT2D eigenvalue weighted by atomic mass is 32.1. The van der Waals surface area contributed by atoms with Gasteiger partial charge in [-0.3, -0.25) is 4.79 Å². The number of ether oxygens (including phenoxy) is 1. The average molecular weight is 488 g/mol. The second kappa shape index (κ2) is 10.2. The zero-order valence-corrected chi connectivity index (χ0v) is 20.4. The first kappa shape index (κ1) is 25.2. The van der Waals surface area contributed by atoms with E-state index in [0.29, 0.717) is 35.3 Å². The summed E-state index contributed by atoms with van der Waals surface area (Å²) in [7, 11) is 0. The van der Waals surface area contributed by atoms with Crippen LogP contribution in [0.5, 0.6) is 0 Å². The van der Waals surface area contributed by atoms with Gasteiger partial charge in [-0.2, -0.15) is 0 Å². The number of carbonyl (C=O) groups is 3. The van der Waals surface area contributed by atoms with E-state index in [2.05, 4.69) is 4.98 Å². The fraction of sp³-hybridized carbons (Fsp3) is 0.391. The molecule has 0 aliphatic carbocycles. The Balaban J connectivity index is 1.87. The first-order valence-electron chi connectivity index (χ1n) is 10.8. The van der Waals surface area contributed by atoms with Crippen molar-refractivity contribution in [1.29, 1.82) is 0 Å². The van der Waals surface area contributed by atoms with Gasteiger partial charge in [0.1, 0.15) is 15.6 Å². The summed E-state index contributed by atoms with van der Waals surface area (Å²) in [5, 5.41) is 10.9. The maximum Gasteiger partial charge on any atom is 0.410 e. The van der Waals surface area contributed by atoms with Gasteiger partial charge in [0.15, 0.2) is 5.69 Å². The van der Waals surface area contributed by atoms with E-state index >= 15 is 0 Å². The highest BCUT2D eigenvalue weighted by molar-refractivity contribution is 7.17. The molecule has 1 aromatic carbocycles. The van der Waals surface area contributed by atoms with Crippen molar-refractivity contribution in [3.8, 4) is 0 Å². The summed E-state index contributed by atoms with van der Waals surface area (Å²) < 4.78 is 5.51. The zero-order chi connectivity index (χ0) is 25.0. The van der Waals surface area contributed by atoms with Gasteiger partial charge in [-0.25, -0.2) is 25.4 Å². The number of piperazine rings is 1. The standard InChI is InChI=1S/C23H29N5O5S/c1-15-14-26(12-13-27(15)22(32)33-23(2,3)4)21-19(25-17(34-21)10-11-18(29)30)20(31)28(24)16-8-6-5-7-9-16/h5-11,15H,12-14,24H2,1-4H3,(H,29,30). The smallest absolute Gasteiger partial charge is 0.410 e. The van der Waals surface area contributed by atoms with Crippen LogP contribution in [0.3, 0.4) is 0 Å². The molecule has 1 fully saturated rings. The predicted molar refractivity (Wildman–Crippen MR) is 131 cm³/mol. The van der Waals surface area contributed by atoms with E-state index in [4.69, 9.17) is 15.7 Å². The van der Waals surface area contributed by atoms with Gasteiger partial charge in [-0.05, 0) is 45.9 Å². The SMILES string of the molecule is CC1CN(c2sc(C=CC(=O)O)nc2C(=O)N(N)c2ccccc2)CCN1C(=O)OC(C)(C)C. The van der Waals surface area contributed by atoms with Gasteiger partial charge in [0.05, 0.1) is 5.69 Å². The molecule has 1 aliphatic rings. The van der Waals surface area contributed by atoms with Crippen LogP contribution in [-0.4, -0.2) is 64.2 Å². The Bertz CT molecular complexity index is 1080. The molecule has 34 heavy (non-hydrogen) atoms. The molecule has 0 bridgehead atoms. The summed E-state index contributed by atoms with van der Waals surface area (Å²) >= 11 is 1.20. The number of rotatable bonds is 5. The summed E-state index contributed by atoms with van der Waals surface area (Å²) in [6.07, 6.45) is 1.93. The van der Waals surface area contributed by atoms with Crippen LogP contribution in [0.15, 0.2) is 36.4 Å². The van der Waals surface area contributed by atoms with Crippen LogP contribution in [0.2, 0.25) is 0 Å². The number of aliphatic carboxylic acids is 1. The molecule has 1 atom stereocenters. The number of aromatic nitrogens is 1. The highest BCUT2D eigenvalue weighted by Crippen LogP contribution is 2.33. The number of para-hydroxylation sites is 1. The molecular weight excluding hydrogens is 458 g/mol. The molecule has 10 nitrogen and oxygen atoms in total. The minimum atomic E-state index is -1.12. The van der Waals surface area contributed by atoms with Crippen LogP contribution < -0.4 is 15.8 Å². The largest absolute Gasteiger partial charge is 0.478 e. The van der Waals surface area contributed by atoms with Gasteiger partial charge >= 0.3 is 12.1 Å². The number of anilines is 2. The maximum atomic E-state index is 13.3. The summed E-state index contributed by atoms with van der Waals surface area (Å²) in [5.74, 6) is 4.46. The lowest BCUT2D eigenvalue weighted by Crippen LogP contribution is -2.55. The van der Waals surface area contributed by atoms with E-state index < -0.39 is 17.5 Å². The van der Waals surface area contributed by atoms with Crippen molar-refractivity contribution in [1.82, 2.24) is 9.88 Å². The number of benzene rings is 1. The van der Waals surface area contributed by atoms with Gasteiger partial charge in [-0.15, -0.1) is 0 Å². The first-order chi connectivity index (χ1) is 16.0. The van der Waals surface area contributed by atoms with Crippen molar-refractivity contribution in [3.05, 3.63) is 47.1 Å². The fourth-order valence-corrected chi connectivity index (χ4v) is 4.45. The number of carboxylic acid groups (broad SMARTS) is 1. The molecule has 0 radical (unpaired) electrons. The molecule has 1 saturated heterocycles. The third-order valence-electron chi connectivity index (χ3n) is 4.99. The summed E-state index contributed by atoms with van der Waals surface area (Å²) in [5.41, 5.74) is 0.0231. The lowest BCUT2D eigenvalue weighted by Gasteiger charge is -2.40. The molecule has 3 N–H and O–H groups in total. The van der Waals surface area contributed by atoms with E-state index in [-0.39, 0.29) is 17.8 Å². The average Bonchev–Trinajstić information content (AvgIpc) is 3.20. The molecular formula is C23H29N5O5S. The number of hydrazine groups is 1. The number of nitrogens with zero attached hydrogens (tertiary/aromatic N) is 4. The third kappa shape index (κ3) is 6.12. The van der Waals surface area contributed by atoms with Crippen molar-refractivity contribution in [3.63, 3.8) is 0 Å². The van der Waals surface area contributed by atoms with Crippen LogP contribution in [0.4, 0.5) is 15.5 Å². The van der Waals surface area contributed by atoms with Crippen LogP contribution in [0.25, 0.3) is 6.08 Å². The number of carbonyl (C=O) groups excluding carboxylic acids is 2. The van der Waals surface area contributed by atoms with Gasteiger partial charge in [-0.1, -0.05) is 29.5 Å². The molecule has 1 aliphatic heterocycles. The Morgan fingerprint density at radius 1 is 1.24 bits per heavy atom. The molecule has 3 rings (SSSR count). The third-order valence-corrected chi connectivity index (χ3v) is 6.07. The van der Waals surface area contributed by atoms with Crippen LogP contribution in [-0.2, 0) is 9.53 Å². The topological polar surface area (TPSA) is 129 Å². The van der Waals surface area contributed by atoms with Gasteiger partial charge < -0.3 is 19.6 Å². The number of nitrogens with two attached hydrogens (primary N) is 1. The molecule has 0 spiro atoms. The maximum absolute atomic E-state index is 13.3. The van der Waals surface area contributed by atoms with Crippen molar-refractivity contribution in [2.45, 2.75) is 39.3 Å². The zero-order valence-electron chi connectivity index (χ0n) is 19.6. The lowest BCUT2D eigenvalue weighted by atomic mass is 10.2. The minimum absolute atomic E-state index is 0.124. The second-order valence-corrected chi connectivity index (χ2v) is 9.87. The van der Waals surface area contributed by atoms with Crippen molar-refractivity contribution >= 4 is 46.1 Å². The van der Waals surface area contributed by atoms with Crippen LogP contribution in [0, 0.1) is 0 Å². The number of thiazole rings is 1. The fourth-order valence-electron chi connectivity index (χ4n) is 3.45. The Hall–Kier alpha value is -3.44. The number of hydrogen-bond donors (Lipinski definition) is 2. The Morgan fingerprint density at radius 2 is 1.91 bits per heavy atom. The summed E-state index contributed by atoms with van der Waals surface area (Å²) in [6.45, 7) is 8.65. The van der Waals surface area contributed by atoms with Crippen molar-refractivity contribution in [2.75, 3.05) is 29.5 Å². The van der Waals surface area contributed by atoms with Crippen LogP contribution >= 0.6 is 11.3 Å². The predicted octanol–water partition coefficient (Wildman–Crippen LogP) is 3.21. The van der Waals surface area contributed by atoms with Crippen molar-refractivity contribution < 1.29 is 24.2 Å². The highest BCUT2D eigenvalue weighted by Gasteiger charge is 2.34. The molecule has 2 aromatic rings. The molecule has 1 aromatic heterocycles. The summed E-state index contributed by atoms with van der Waals surface area (Å²) in [4.78, 5) is 44.8. The second-order valence-electron chi connectivity index (χ2n) is 8.86. The molecule has 0 saturated carbocycles. The van der Waals surface area contributed by atoms with E-state index in [1.165, 1.54) is 17.4 Å². The lowest BCUT2D eigenvalue weighted by molar-refractivity contribution is -0.131. The molecule has 2 amide bonds. The normalized spacial score (nSPS) is 16.6. The molecule has 11 heteroatoms. The van der Waals surface area contributed by atoms with E-state index in [1.807, 2.05) is 38.7 Å². The van der Waals surface area contributed by atoms with E-state index in [0.717, 1.165) is 11.1 Å². The Labute approximate surface area is 202 Å². The van der Waals surface area contributed by atoms with Gasteiger partial charge in [0, 0.05) is 31.8 Å². The number of amides is 2. The number of hydrogen-bond acceptors (Lipinski definition) is 8. The van der Waals surface area contributed by atoms with E-state index in [9.17, 15) is 14.4 Å². The monoisotopic (exact) mass is 487 g/mol. The van der Waals surface area contributed by atoms with Crippen molar-refractivity contribution in [2.24, 2.45) is 5.84 Å². The quantitative estimate of drug-likeness (QED) is 0.285. The van der Waals surface area contributed by atoms with E-state index in [1.54, 1.807) is 29.2 Å². The molecule has 182 valence electrons. The first-order valence-corrected chi connectivity index (χ1v) is 11.6. The molecule has 1 unspecified atom stereocenters.